The number of fused-ring (bicyclic) bond motifs is 1. The molecule has 2 aromatic rings. The van der Waals surface area contributed by atoms with Crippen LogP contribution in [0.1, 0.15) is 35.4 Å². The quantitative estimate of drug-likeness (QED) is 0.868. The molecule has 2 N–H and O–H groups in total. The maximum Gasteiger partial charge on any atom is 0.140 e. The molecule has 134 valence electrons. The van der Waals surface area contributed by atoms with E-state index >= 15 is 0 Å². The number of hydrogen-bond acceptors (Lipinski definition) is 5. The Labute approximate surface area is 146 Å². The summed E-state index contributed by atoms with van der Waals surface area (Å²) >= 11 is 0. The highest BCUT2D eigenvalue weighted by Crippen LogP contribution is 2.26. The van der Waals surface area contributed by atoms with Gasteiger partial charge in [0.1, 0.15) is 17.3 Å². The zero-order valence-electron chi connectivity index (χ0n) is 14.2. The molecule has 2 heterocycles. The van der Waals surface area contributed by atoms with Gasteiger partial charge in [0.2, 0.25) is 0 Å². The summed E-state index contributed by atoms with van der Waals surface area (Å²) in [6.45, 7) is 3.02. The highest BCUT2D eigenvalue weighted by Gasteiger charge is 2.28. The van der Waals surface area contributed by atoms with Crippen molar-refractivity contribution in [2.24, 2.45) is 0 Å². The Bertz CT molecular complexity index is 733. The van der Waals surface area contributed by atoms with Gasteiger partial charge in [0.05, 0.1) is 6.10 Å². The Morgan fingerprint density at radius 2 is 2.28 bits per heavy atom. The first-order chi connectivity index (χ1) is 12.2. The average molecular weight is 345 g/mol. The third-order valence-corrected chi connectivity index (χ3v) is 5.23. The first kappa shape index (κ1) is 16.7. The van der Waals surface area contributed by atoms with E-state index in [1.54, 1.807) is 12.1 Å². The van der Waals surface area contributed by atoms with Gasteiger partial charge >= 0.3 is 0 Å². The fraction of sp³-hybridized carbons (Fsp3) is 0.526. The van der Waals surface area contributed by atoms with Crippen molar-refractivity contribution < 1.29 is 14.0 Å². The number of benzene rings is 1. The summed E-state index contributed by atoms with van der Waals surface area (Å²) < 4.78 is 18.8. The van der Waals surface area contributed by atoms with Crippen LogP contribution in [0.5, 0.6) is 0 Å². The lowest BCUT2D eigenvalue weighted by molar-refractivity contribution is 0.173. The van der Waals surface area contributed by atoms with Crippen molar-refractivity contribution in [2.75, 3.05) is 13.1 Å². The van der Waals surface area contributed by atoms with Crippen LogP contribution >= 0.6 is 0 Å². The third kappa shape index (κ3) is 3.92. The molecule has 2 atom stereocenters. The molecule has 1 unspecified atom stereocenters. The van der Waals surface area contributed by atoms with E-state index < -0.39 is 0 Å². The van der Waals surface area contributed by atoms with Crippen molar-refractivity contribution in [3.05, 3.63) is 52.7 Å². The lowest BCUT2D eigenvalue weighted by Crippen LogP contribution is -2.34. The summed E-state index contributed by atoms with van der Waals surface area (Å²) in [7, 11) is 0. The number of nitrogens with zero attached hydrogens (tertiary/aromatic N) is 2. The van der Waals surface area contributed by atoms with Crippen LogP contribution in [0.3, 0.4) is 0 Å². The fourth-order valence-electron chi connectivity index (χ4n) is 3.84. The molecule has 1 saturated heterocycles. The van der Waals surface area contributed by atoms with Crippen LogP contribution in [-0.4, -0.2) is 40.4 Å². The summed E-state index contributed by atoms with van der Waals surface area (Å²) in [5.41, 5.74) is 3.17. The first-order valence-electron chi connectivity index (χ1n) is 9.02. The molecule has 0 saturated carbocycles. The van der Waals surface area contributed by atoms with Crippen LogP contribution < -0.4 is 5.32 Å². The van der Waals surface area contributed by atoms with Crippen LogP contribution in [0.2, 0.25) is 0 Å². The second kappa shape index (κ2) is 7.23. The predicted molar refractivity (Wildman–Crippen MR) is 91.5 cm³/mol. The van der Waals surface area contributed by atoms with Crippen molar-refractivity contribution >= 4 is 0 Å². The molecule has 1 aliphatic carbocycles. The van der Waals surface area contributed by atoms with Gasteiger partial charge in [0, 0.05) is 44.2 Å². The lowest BCUT2D eigenvalue weighted by atomic mass is 9.91. The molecule has 0 bridgehead atoms. The number of aliphatic hydroxyl groups excluding tert-OH is 1. The van der Waals surface area contributed by atoms with E-state index in [2.05, 4.69) is 15.4 Å². The van der Waals surface area contributed by atoms with Gasteiger partial charge in [-0.1, -0.05) is 17.3 Å². The first-order valence-corrected chi connectivity index (χ1v) is 9.02. The summed E-state index contributed by atoms with van der Waals surface area (Å²) in [5.74, 6) is 0.804. The number of aliphatic hydroxyl groups is 1. The van der Waals surface area contributed by atoms with Crippen molar-refractivity contribution in [3.63, 3.8) is 0 Å². The van der Waals surface area contributed by atoms with Gasteiger partial charge in [-0.2, -0.15) is 0 Å². The van der Waals surface area contributed by atoms with E-state index in [9.17, 15) is 9.50 Å². The fourth-order valence-corrected chi connectivity index (χ4v) is 3.84. The highest BCUT2D eigenvalue weighted by atomic mass is 19.1. The zero-order chi connectivity index (χ0) is 17.2. The van der Waals surface area contributed by atoms with Crippen molar-refractivity contribution in [1.29, 1.82) is 0 Å². The molecule has 5 nitrogen and oxygen atoms in total. The molecule has 1 aliphatic heterocycles. The Morgan fingerprint density at radius 3 is 3.08 bits per heavy atom. The van der Waals surface area contributed by atoms with Gasteiger partial charge in [-0.25, -0.2) is 4.39 Å². The van der Waals surface area contributed by atoms with Gasteiger partial charge in [0.15, 0.2) is 0 Å². The van der Waals surface area contributed by atoms with Gasteiger partial charge in [-0.15, -0.1) is 0 Å². The molecule has 2 aliphatic rings. The van der Waals surface area contributed by atoms with Crippen LogP contribution in [-0.2, 0) is 25.9 Å². The second-order valence-corrected chi connectivity index (χ2v) is 7.16. The Morgan fingerprint density at radius 1 is 1.36 bits per heavy atom. The van der Waals surface area contributed by atoms with Crippen LogP contribution in [0.25, 0.3) is 0 Å². The molecule has 6 heteroatoms. The van der Waals surface area contributed by atoms with Gasteiger partial charge < -0.3 is 14.9 Å². The molecular formula is C19H24FN3O2. The van der Waals surface area contributed by atoms with Crippen molar-refractivity contribution in [3.8, 4) is 0 Å². The number of aromatic nitrogens is 1. The Kier molecular flexibility index (Phi) is 4.83. The standard InChI is InChI=1S/C19H24FN3O2/c20-14-3-1-2-13(8-14)10-21-15-4-5-19-17(9-15)18(22-25-19)12-23-7-6-16(24)11-23/h1-3,8,15-16,21,24H,4-7,9-12H2/t15?,16-/m1/s1. The predicted octanol–water partition coefficient (Wildman–Crippen LogP) is 2.03. The maximum absolute atomic E-state index is 13.3. The van der Waals surface area contributed by atoms with E-state index in [4.69, 9.17) is 4.52 Å². The van der Waals surface area contributed by atoms with E-state index in [1.807, 2.05) is 6.07 Å². The van der Waals surface area contributed by atoms with E-state index in [-0.39, 0.29) is 11.9 Å². The number of rotatable bonds is 5. The number of hydrogen-bond donors (Lipinski definition) is 2. The third-order valence-electron chi connectivity index (χ3n) is 5.23. The van der Waals surface area contributed by atoms with E-state index in [1.165, 1.54) is 11.6 Å². The number of β-amino-alcohol motifs (C(OH)–C–C–N with tert-alkyl or cyclic N) is 1. The largest absolute Gasteiger partial charge is 0.392 e. The SMILES string of the molecule is O[C@@H]1CCN(Cc2noc3c2CC(NCc2cccc(F)c2)CC3)C1. The van der Waals surface area contributed by atoms with Crippen LogP contribution in [0.15, 0.2) is 28.8 Å². The number of aryl methyl sites for hydroxylation is 1. The highest BCUT2D eigenvalue weighted by molar-refractivity contribution is 5.27. The molecule has 25 heavy (non-hydrogen) atoms. The monoisotopic (exact) mass is 345 g/mol. The zero-order valence-corrected chi connectivity index (χ0v) is 14.2. The Hall–Kier alpha value is -1.76. The summed E-state index contributed by atoms with van der Waals surface area (Å²) in [4.78, 5) is 2.23. The molecule has 1 aromatic carbocycles. The van der Waals surface area contributed by atoms with Gasteiger partial charge in [-0.05, 0) is 37.0 Å². The minimum absolute atomic E-state index is 0.195. The smallest absolute Gasteiger partial charge is 0.140 e. The van der Waals surface area contributed by atoms with Crippen molar-refractivity contribution in [1.82, 2.24) is 15.4 Å². The van der Waals surface area contributed by atoms with E-state index in [0.717, 1.165) is 55.8 Å². The molecule has 4 rings (SSSR count). The minimum Gasteiger partial charge on any atom is -0.392 e. The molecule has 0 spiro atoms. The van der Waals surface area contributed by atoms with E-state index in [0.29, 0.717) is 19.1 Å². The normalized spacial score (nSPS) is 23.8. The van der Waals surface area contributed by atoms with Crippen molar-refractivity contribution in [2.45, 2.75) is 50.9 Å². The van der Waals surface area contributed by atoms with Gasteiger partial charge in [-0.3, -0.25) is 4.90 Å². The molecule has 1 fully saturated rings. The van der Waals surface area contributed by atoms with Crippen LogP contribution in [0.4, 0.5) is 4.39 Å². The maximum atomic E-state index is 13.3. The number of nitrogens with one attached hydrogen (secondary N) is 1. The Balaban J connectivity index is 1.37. The molecule has 0 radical (unpaired) electrons. The topological polar surface area (TPSA) is 61.5 Å². The second-order valence-electron chi connectivity index (χ2n) is 7.16. The molecule has 0 amide bonds. The summed E-state index contributed by atoms with van der Waals surface area (Å²) in [6.07, 6.45) is 3.38. The molecule has 1 aromatic heterocycles. The molecular weight excluding hydrogens is 321 g/mol. The summed E-state index contributed by atoms with van der Waals surface area (Å²) in [6, 6.07) is 7.07. The minimum atomic E-state index is -0.219. The van der Waals surface area contributed by atoms with Crippen LogP contribution in [0, 0.1) is 5.82 Å². The average Bonchev–Trinajstić information content (AvgIpc) is 3.20. The number of likely N-dealkylation sites (tertiary alicyclic amines) is 1. The van der Waals surface area contributed by atoms with Gasteiger partial charge in [0.25, 0.3) is 0 Å². The lowest BCUT2D eigenvalue weighted by Gasteiger charge is -2.23. The number of halogens is 1. The summed E-state index contributed by atoms with van der Waals surface area (Å²) in [5, 5.41) is 17.5.